The molecule has 4 saturated carbocycles. The SMILES string of the molecule is [3H]O[C@H]1CCC2C3CCC4CC(=O)CC[C@]4(C)C3CC[C@@]21C. The van der Waals surface area contributed by atoms with Crippen LogP contribution in [0.5, 0.6) is 0 Å². The number of carbonyl (C=O) groups is 1. The van der Waals surface area contributed by atoms with Crippen LogP contribution in [0, 0.1) is 34.5 Å². The Kier molecular flexibility index (Phi) is 2.85. The Balaban J connectivity index is 1.62. The topological polar surface area (TPSA) is 37.3 Å². The van der Waals surface area contributed by atoms with Crippen LogP contribution in [0.25, 0.3) is 0 Å². The van der Waals surface area contributed by atoms with Crippen molar-refractivity contribution in [3.63, 3.8) is 0 Å². The summed E-state index contributed by atoms with van der Waals surface area (Å²) in [4.78, 5) is 11.9. The number of Topliss-reactive ketones (excluding diaryl/α,β-unsaturated/α-hetero) is 1. The van der Waals surface area contributed by atoms with Crippen LogP contribution in [0.15, 0.2) is 0 Å². The van der Waals surface area contributed by atoms with Crippen molar-refractivity contribution in [3.8, 4) is 0 Å². The monoisotopic (exact) mass is 292 g/mol. The van der Waals surface area contributed by atoms with Crippen molar-refractivity contribution >= 4 is 5.78 Å². The van der Waals surface area contributed by atoms with E-state index in [1.807, 2.05) is 0 Å². The Morgan fingerprint density at radius 3 is 2.67 bits per heavy atom. The summed E-state index contributed by atoms with van der Waals surface area (Å²) in [5.41, 5.74) is 0.634. The van der Waals surface area contributed by atoms with Gasteiger partial charge in [0.15, 0.2) is 0 Å². The molecule has 0 saturated heterocycles. The first-order valence-corrected chi connectivity index (χ1v) is 9.12. The lowest BCUT2D eigenvalue weighted by Crippen LogP contribution is -2.54. The van der Waals surface area contributed by atoms with Gasteiger partial charge in [0.1, 0.15) is 5.78 Å². The van der Waals surface area contributed by atoms with E-state index in [4.69, 9.17) is 6.54 Å². The molecule has 2 heteroatoms. The first kappa shape index (κ1) is 13.1. The van der Waals surface area contributed by atoms with Crippen LogP contribution in [-0.2, 0) is 4.79 Å². The van der Waals surface area contributed by atoms with Gasteiger partial charge in [0.05, 0.1) is 6.10 Å². The fraction of sp³-hybridized carbons (Fsp3) is 0.947. The van der Waals surface area contributed by atoms with E-state index in [9.17, 15) is 4.79 Å². The summed E-state index contributed by atoms with van der Waals surface area (Å²) in [7, 11) is 0. The van der Waals surface area contributed by atoms with Gasteiger partial charge in [-0.1, -0.05) is 13.8 Å². The zero-order valence-electron chi connectivity index (χ0n) is 14.6. The van der Waals surface area contributed by atoms with Gasteiger partial charge < -0.3 is 5.11 Å². The highest BCUT2D eigenvalue weighted by Gasteiger charge is 2.59. The van der Waals surface area contributed by atoms with E-state index in [0.29, 0.717) is 17.1 Å². The summed E-state index contributed by atoms with van der Waals surface area (Å²) in [6, 6.07) is 0. The second-order valence-electron chi connectivity index (χ2n) is 9.01. The van der Waals surface area contributed by atoms with Crippen molar-refractivity contribution in [1.29, 1.82) is 1.43 Å². The standard InChI is InChI=1S/C19H30O2/c1-18-9-7-13(20)11-12(18)3-4-14-15-5-6-17(21)19(15,2)10-8-16(14)18/h12,14-17,21H,3-11H2,1-2H3/t12?,14?,15?,16?,17-,18-,19-/m0/s1/i21T. The van der Waals surface area contributed by atoms with Gasteiger partial charge in [-0.3, -0.25) is 4.79 Å². The Labute approximate surface area is 130 Å². The number of fused-ring (bicyclic) bond motifs is 5. The first-order chi connectivity index (χ1) is 10.5. The summed E-state index contributed by atoms with van der Waals surface area (Å²) in [5, 5.41) is 5.11. The van der Waals surface area contributed by atoms with E-state index in [1.165, 1.54) is 32.1 Å². The summed E-state index contributed by atoms with van der Waals surface area (Å²) < 4.78 is 7.45. The lowest BCUT2D eigenvalue weighted by Gasteiger charge is -2.60. The minimum atomic E-state index is 0.150. The minimum Gasteiger partial charge on any atom is -0.393 e. The molecule has 0 heterocycles. The number of rotatable bonds is 1. The van der Waals surface area contributed by atoms with Crippen LogP contribution in [0.3, 0.4) is 0 Å². The van der Waals surface area contributed by atoms with Gasteiger partial charge in [-0.2, -0.15) is 0 Å². The molecule has 0 spiro atoms. The molecule has 4 aliphatic carbocycles. The van der Waals surface area contributed by atoms with Crippen LogP contribution >= 0.6 is 0 Å². The number of hydrogen-bond donors (Lipinski definition) is 1. The lowest BCUT2D eigenvalue weighted by atomic mass is 9.45. The molecule has 0 aromatic heterocycles. The number of ketones is 1. The molecule has 1 N–H and O–H groups in total. The normalized spacial score (nSPS) is 57.1. The van der Waals surface area contributed by atoms with E-state index in [2.05, 4.69) is 13.8 Å². The fourth-order valence-corrected chi connectivity index (χ4v) is 7.00. The number of aliphatic hydroxyl groups is 1. The van der Waals surface area contributed by atoms with Crippen molar-refractivity contribution in [2.24, 2.45) is 34.5 Å². The maximum absolute atomic E-state index is 11.9. The van der Waals surface area contributed by atoms with Gasteiger partial charge in [-0.25, -0.2) is 0 Å². The van der Waals surface area contributed by atoms with Crippen molar-refractivity contribution in [1.82, 2.24) is 0 Å². The lowest BCUT2D eigenvalue weighted by molar-refractivity contribution is -0.141. The summed E-state index contributed by atoms with van der Waals surface area (Å²) in [5.74, 6) is 3.52. The molecule has 0 radical (unpaired) electrons. The predicted octanol–water partition coefficient (Wildman–Crippen LogP) is 3.96. The average molecular weight is 292 g/mol. The second-order valence-corrected chi connectivity index (χ2v) is 9.01. The molecule has 7 atom stereocenters. The highest BCUT2D eigenvalue weighted by atomic mass is 16.3. The number of carbonyl (C=O) groups excluding carboxylic acids is 1. The van der Waals surface area contributed by atoms with Gasteiger partial charge in [-0.15, -0.1) is 0 Å². The van der Waals surface area contributed by atoms with Crippen molar-refractivity contribution in [2.75, 3.05) is 0 Å². The second kappa shape index (κ2) is 4.57. The molecule has 0 aromatic carbocycles. The molecule has 0 aliphatic heterocycles. The van der Waals surface area contributed by atoms with Gasteiger partial charge >= 0.3 is 0 Å². The van der Waals surface area contributed by atoms with Crippen molar-refractivity contribution < 1.29 is 9.90 Å². The van der Waals surface area contributed by atoms with Crippen LogP contribution in [-0.4, -0.2) is 18.4 Å². The molecule has 4 unspecified atom stereocenters. The third-order valence-electron chi connectivity index (χ3n) is 8.39. The van der Waals surface area contributed by atoms with Crippen LogP contribution in [0.2, 0.25) is 0 Å². The van der Waals surface area contributed by atoms with E-state index in [0.717, 1.165) is 43.4 Å². The minimum absolute atomic E-state index is 0.150. The zero-order chi connectivity index (χ0) is 15.5. The molecule has 118 valence electrons. The Hall–Kier alpha value is -0.370. The molecule has 0 bridgehead atoms. The fourth-order valence-electron chi connectivity index (χ4n) is 7.00. The van der Waals surface area contributed by atoms with E-state index in [1.54, 1.807) is 0 Å². The van der Waals surface area contributed by atoms with E-state index >= 15 is 0 Å². The molecule has 21 heavy (non-hydrogen) atoms. The molecule has 4 fully saturated rings. The predicted molar refractivity (Wildman–Crippen MR) is 82.7 cm³/mol. The smallest absolute Gasteiger partial charge is 0.210 e. The Bertz CT molecular complexity index is 478. The first-order valence-electron chi connectivity index (χ1n) is 9.53. The molecular formula is C19H30O2. The van der Waals surface area contributed by atoms with Gasteiger partial charge in [0, 0.05) is 12.8 Å². The molecular weight excluding hydrogens is 260 g/mol. The van der Waals surface area contributed by atoms with Gasteiger partial charge in [-0.05, 0) is 79.4 Å². The van der Waals surface area contributed by atoms with Gasteiger partial charge in [0.2, 0.25) is 1.43 Å². The maximum atomic E-state index is 11.9. The number of hydrogen-bond acceptors (Lipinski definition) is 2. The summed E-state index contributed by atoms with van der Waals surface area (Å²) >= 11 is 0. The largest absolute Gasteiger partial charge is 0.393 e. The Morgan fingerprint density at radius 2 is 1.86 bits per heavy atom. The summed E-state index contributed by atoms with van der Waals surface area (Å²) in [6.07, 6.45) is 10.3. The van der Waals surface area contributed by atoms with Crippen LogP contribution in [0.4, 0.5) is 0 Å². The molecule has 2 nitrogen and oxygen atoms in total. The highest BCUT2D eigenvalue weighted by molar-refractivity contribution is 5.79. The average Bonchev–Trinajstić information content (AvgIpc) is 2.84. The van der Waals surface area contributed by atoms with Crippen LogP contribution in [0.1, 0.15) is 71.6 Å². The van der Waals surface area contributed by atoms with Gasteiger partial charge in [0.25, 0.3) is 0 Å². The maximum Gasteiger partial charge on any atom is 0.210 e. The molecule has 4 rings (SSSR count). The summed E-state index contributed by atoms with van der Waals surface area (Å²) in [6.45, 7) is 4.88. The molecule has 4 aliphatic rings. The molecule has 0 amide bonds. The quantitative estimate of drug-likeness (QED) is 0.794. The Morgan fingerprint density at radius 1 is 1.05 bits per heavy atom. The zero-order valence-corrected chi connectivity index (χ0v) is 13.6. The molecule has 0 aromatic rings. The van der Waals surface area contributed by atoms with Crippen LogP contribution < -0.4 is 0 Å². The third-order valence-corrected chi connectivity index (χ3v) is 8.39. The van der Waals surface area contributed by atoms with Crippen molar-refractivity contribution in [3.05, 3.63) is 0 Å². The highest BCUT2D eigenvalue weighted by Crippen LogP contribution is 2.65. The van der Waals surface area contributed by atoms with E-state index < -0.39 is 0 Å². The third kappa shape index (κ3) is 1.84. The van der Waals surface area contributed by atoms with Crippen molar-refractivity contribution in [2.45, 2.75) is 77.7 Å². The number of aliphatic hydroxyl groups excluding tert-OH is 1. The van der Waals surface area contributed by atoms with E-state index in [-0.39, 0.29) is 11.5 Å².